The Labute approximate surface area is 124 Å². The number of thioether (sulfide) groups is 1. The topological polar surface area (TPSA) is 29.1 Å². The van der Waals surface area contributed by atoms with Gasteiger partial charge in [-0.15, -0.1) is 11.8 Å². The van der Waals surface area contributed by atoms with Crippen LogP contribution in [0.25, 0.3) is 0 Å². The molecule has 0 bridgehead atoms. The summed E-state index contributed by atoms with van der Waals surface area (Å²) in [5.74, 6) is 0.0556. The highest BCUT2D eigenvalue weighted by Crippen LogP contribution is 2.35. The second kappa shape index (κ2) is 7.15. The molecule has 0 spiro atoms. The highest BCUT2D eigenvalue weighted by atomic mass is 32.2. The minimum atomic E-state index is -0.221. The van der Waals surface area contributed by atoms with Crippen molar-refractivity contribution < 1.29 is 4.79 Å². The third-order valence-electron chi connectivity index (χ3n) is 2.77. The summed E-state index contributed by atoms with van der Waals surface area (Å²) in [5, 5.41) is 2.78. The number of amides is 1. The fourth-order valence-electron chi connectivity index (χ4n) is 1.90. The maximum Gasteiger partial charge on any atom is 0.238 e. The van der Waals surface area contributed by atoms with Gasteiger partial charge in [-0.1, -0.05) is 48.5 Å². The lowest BCUT2D eigenvalue weighted by Gasteiger charge is -2.18. The summed E-state index contributed by atoms with van der Waals surface area (Å²) in [6, 6.07) is 20.1. The van der Waals surface area contributed by atoms with Crippen molar-refractivity contribution in [2.45, 2.75) is 30.0 Å². The fourth-order valence-corrected chi connectivity index (χ4v) is 2.95. The van der Waals surface area contributed by atoms with Crippen molar-refractivity contribution in [1.82, 2.24) is 5.32 Å². The van der Waals surface area contributed by atoms with Gasteiger partial charge >= 0.3 is 0 Å². The highest BCUT2D eigenvalue weighted by Gasteiger charge is 2.22. The number of nitrogens with one attached hydrogen (secondary N) is 1. The molecule has 1 atom stereocenters. The maximum absolute atomic E-state index is 12.4. The number of hydrogen-bond donors (Lipinski definition) is 1. The summed E-state index contributed by atoms with van der Waals surface area (Å²) in [5.41, 5.74) is 1.03. The van der Waals surface area contributed by atoms with Gasteiger partial charge in [0, 0.05) is 10.9 Å². The van der Waals surface area contributed by atoms with Gasteiger partial charge < -0.3 is 5.32 Å². The van der Waals surface area contributed by atoms with Gasteiger partial charge in [-0.3, -0.25) is 4.79 Å². The van der Waals surface area contributed by atoms with Crippen LogP contribution in [0.4, 0.5) is 0 Å². The van der Waals surface area contributed by atoms with Crippen LogP contribution < -0.4 is 5.32 Å². The zero-order valence-corrected chi connectivity index (χ0v) is 12.6. The molecule has 104 valence electrons. The number of carbonyl (C=O) groups is 1. The Morgan fingerprint density at radius 2 is 1.50 bits per heavy atom. The van der Waals surface area contributed by atoms with Crippen LogP contribution in [0.15, 0.2) is 65.6 Å². The molecular formula is C17H19NOS. The average Bonchev–Trinajstić information content (AvgIpc) is 2.46. The first-order chi connectivity index (χ1) is 9.66. The zero-order chi connectivity index (χ0) is 14.4. The van der Waals surface area contributed by atoms with Crippen molar-refractivity contribution in [1.29, 1.82) is 0 Å². The van der Waals surface area contributed by atoms with Crippen LogP contribution in [0.5, 0.6) is 0 Å². The monoisotopic (exact) mass is 285 g/mol. The third kappa shape index (κ3) is 4.14. The summed E-state index contributed by atoms with van der Waals surface area (Å²) < 4.78 is 0. The van der Waals surface area contributed by atoms with Crippen molar-refractivity contribution in [2.75, 3.05) is 0 Å². The molecule has 1 amide bonds. The van der Waals surface area contributed by atoms with E-state index in [-0.39, 0.29) is 17.2 Å². The molecule has 0 fully saturated rings. The van der Waals surface area contributed by atoms with E-state index in [4.69, 9.17) is 0 Å². The van der Waals surface area contributed by atoms with E-state index in [9.17, 15) is 4.79 Å². The van der Waals surface area contributed by atoms with E-state index < -0.39 is 0 Å². The standard InChI is InChI=1S/C17H19NOS/c1-13(2)18-17(19)16(14-9-5-3-6-10-14)20-15-11-7-4-8-12-15/h3-13,16H,1-2H3,(H,18,19)/t16-/m1/s1. The van der Waals surface area contributed by atoms with E-state index in [1.807, 2.05) is 74.5 Å². The average molecular weight is 285 g/mol. The normalized spacial score (nSPS) is 12.2. The molecule has 0 saturated heterocycles. The van der Waals surface area contributed by atoms with Crippen LogP contribution in [0.3, 0.4) is 0 Å². The van der Waals surface area contributed by atoms with Gasteiger partial charge in [-0.2, -0.15) is 0 Å². The quantitative estimate of drug-likeness (QED) is 0.840. The first-order valence-corrected chi connectivity index (χ1v) is 7.62. The molecule has 2 rings (SSSR count). The van der Waals surface area contributed by atoms with Gasteiger partial charge in [0.25, 0.3) is 0 Å². The van der Waals surface area contributed by atoms with Crippen molar-refractivity contribution >= 4 is 17.7 Å². The van der Waals surface area contributed by atoms with Crippen LogP contribution in [-0.4, -0.2) is 11.9 Å². The van der Waals surface area contributed by atoms with E-state index in [0.29, 0.717) is 0 Å². The van der Waals surface area contributed by atoms with Gasteiger partial charge in [-0.05, 0) is 31.5 Å². The van der Waals surface area contributed by atoms with Crippen LogP contribution in [0.2, 0.25) is 0 Å². The van der Waals surface area contributed by atoms with Crippen molar-refractivity contribution in [2.24, 2.45) is 0 Å². The molecule has 0 aliphatic carbocycles. The Bertz CT molecular complexity index is 539. The van der Waals surface area contributed by atoms with Crippen LogP contribution in [-0.2, 0) is 4.79 Å². The number of hydrogen-bond acceptors (Lipinski definition) is 2. The molecule has 2 nitrogen and oxygen atoms in total. The molecule has 2 aromatic rings. The first-order valence-electron chi connectivity index (χ1n) is 6.74. The van der Waals surface area contributed by atoms with Crippen molar-refractivity contribution in [3.8, 4) is 0 Å². The molecule has 0 aliphatic rings. The van der Waals surface area contributed by atoms with Crippen LogP contribution >= 0.6 is 11.8 Å². The van der Waals surface area contributed by atoms with Gasteiger partial charge in [0.1, 0.15) is 5.25 Å². The lowest BCUT2D eigenvalue weighted by atomic mass is 10.1. The van der Waals surface area contributed by atoms with Gasteiger partial charge in [-0.25, -0.2) is 0 Å². The second-order valence-corrected chi connectivity index (χ2v) is 6.06. The number of benzene rings is 2. The smallest absolute Gasteiger partial charge is 0.238 e. The Morgan fingerprint density at radius 3 is 2.05 bits per heavy atom. The van der Waals surface area contributed by atoms with Crippen LogP contribution in [0, 0.1) is 0 Å². The molecule has 0 aliphatic heterocycles. The van der Waals surface area contributed by atoms with Gasteiger partial charge in [0.2, 0.25) is 5.91 Å². The molecule has 0 unspecified atom stereocenters. The number of carbonyl (C=O) groups excluding carboxylic acids is 1. The summed E-state index contributed by atoms with van der Waals surface area (Å²) in [7, 11) is 0. The molecule has 0 aromatic heterocycles. The summed E-state index contributed by atoms with van der Waals surface area (Å²) in [6.07, 6.45) is 0. The molecule has 0 saturated carbocycles. The summed E-state index contributed by atoms with van der Waals surface area (Å²) in [6.45, 7) is 3.96. The molecule has 0 radical (unpaired) electrons. The number of rotatable bonds is 5. The molecule has 0 heterocycles. The lowest BCUT2D eigenvalue weighted by molar-refractivity contribution is -0.121. The predicted octanol–water partition coefficient (Wildman–Crippen LogP) is 4.04. The molecule has 1 N–H and O–H groups in total. The molecule has 20 heavy (non-hydrogen) atoms. The molecule has 3 heteroatoms. The Balaban J connectivity index is 2.23. The van der Waals surface area contributed by atoms with E-state index in [2.05, 4.69) is 5.32 Å². The van der Waals surface area contributed by atoms with Crippen molar-refractivity contribution in [3.05, 3.63) is 66.2 Å². The largest absolute Gasteiger partial charge is 0.353 e. The lowest BCUT2D eigenvalue weighted by Crippen LogP contribution is -2.33. The summed E-state index contributed by atoms with van der Waals surface area (Å²) in [4.78, 5) is 13.5. The van der Waals surface area contributed by atoms with Gasteiger partial charge in [0.15, 0.2) is 0 Å². The summed E-state index contributed by atoms with van der Waals surface area (Å²) >= 11 is 1.58. The van der Waals surface area contributed by atoms with Gasteiger partial charge in [0.05, 0.1) is 0 Å². The SMILES string of the molecule is CC(C)NC(=O)[C@H](Sc1ccccc1)c1ccccc1. The van der Waals surface area contributed by atoms with E-state index in [1.165, 1.54) is 0 Å². The van der Waals surface area contributed by atoms with Crippen LogP contribution in [0.1, 0.15) is 24.7 Å². The second-order valence-electron chi connectivity index (χ2n) is 4.88. The zero-order valence-electron chi connectivity index (χ0n) is 11.7. The van der Waals surface area contributed by atoms with Crippen molar-refractivity contribution in [3.63, 3.8) is 0 Å². The minimum Gasteiger partial charge on any atom is -0.353 e. The molecule has 2 aromatic carbocycles. The highest BCUT2D eigenvalue weighted by molar-refractivity contribution is 8.00. The predicted molar refractivity (Wildman–Crippen MR) is 84.8 cm³/mol. The Hall–Kier alpha value is -1.74. The first kappa shape index (κ1) is 14.7. The van der Waals surface area contributed by atoms with E-state index in [0.717, 1.165) is 10.5 Å². The third-order valence-corrected chi connectivity index (χ3v) is 4.03. The minimum absolute atomic E-state index is 0.0556. The van der Waals surface area contributed by atoms with E-state index in [1.54, 1.807) is 11.8 Å². The molecular weight excluding hydrogens is 266 g/mol. The Morgan fingerprint density at radius 1 is 0.950 bits per heavy atom. The fraction of sp³-hybridized carbons (Fsp3) is 0.235. The van der Waals surface area contributed by atoms with E-state index >= 15 is 0 Å². The maximum atomic E-state index is 12.4. The Kier molecular flexibility index (Phi) is 5.24.